The van der Waals surface area contributed by atoms with Crippen LogP contribution in [0.3, 0.4) is 0 Å². The van der Waals surface area contributed by atoms with Gasteiger partial charge in [0.25, 0.3) is 0 Å². The van der Waals surface area contributed by atoms with E-state index in [1.165, 1.54) is 0 Å². The van der Waals surface area contributed by atoms with E-state index in [0.29, 0.717) is 0 Å². The Bertz CT molecular complexity index is 513. The average Bonchev–Trinajstić information content (AvgIpc) is 3.01. The summed E-state index contributed by atoms with van der Waals surface area (Å²) in [5, 5.41) is 0. The second-order valence-electron chi connectivity index (χ2n) is 7.64. The monoisotopic (exact) mass is 429 g/mol. The van der Waals surface area contributed by atoms with Crippen LogP contribution >= 0.6 is 0 Å². The third-order valence-electron chi connectivity index (χ3n) is 5.56. The molecule has 0 atom stereocenters. The number of halogens is 1. The lowest BCUT2D eigenvalue weighted by molar-refractivity contribution is -0.896. The van der Waals surface area contributed by atoms with Crippen molar-refractivity contribution in [3.63, 3.8) is 0 Å². The highest BCUT2D eigenvalue weighted by Gasteiger charge is 2.45. The first-order valence-corrected chi connectivity index (χ1v) is 8.61. The highest BCUT2D eigenvalue weighted by molar-refractivity contribution is 5.83. The van der Waals surface area contributed by atoms with E-state index < -0.39 is 0 Å². The van der Waals surface area contributed by atoms with Crippen LogP contribution in [0.5, 0.6) is 0 Å². The lowest BCUT2D eigenvalue weighted by Crippen LogP contribution is -3.00. The molecular formula is C19H28INO2. The molecule has 128 valence electrons. The second-order valence-corrected chi connectivity index (χ2v) is 7.64. The number of hydrogen-bond acceptors (Lipinski definition) is 2. The molecule has 3 rings (SSSR count). The highest BCUT2D eigenvalue weighted by atomic mass is 127. The molecule has 1 aromatic carbocycles. The lowest BCUT2D eigenvalue weighted by atomic mass is 9.79. The summed E-state index contributed by atoms with van der Waals surface area (Å²) in [6, 6.07) is 10.3. The Morgan fingerprint density at radius 3 is 2.22 bits per heavy atom. The molecule has 0 N–H and O–H groups in total. The molecule has 0 spiro atoms. The van der Waals surface area contributed by atoms with Crippen molar-refractivity contribution < 1.29 is 38.0 Å². The molecular weight excluding hydrogens is 401 g/mol. The maximum Gasteiger partial charge on any atom is 0.316 e. The third-order valence-corrected chi connectivity index (χ3v) is 5.56. The number of likely N-dealkylation sites (tertiary alicyclic amines) is 1. The Balaban J connectivity index is 0.00000192. The highest BCUT2D eigenvalue weighted by Crippen LogP contribution is 2.42. The second kappa shape index (κ2) is 7.51. The van der Waals surface area contributed by atoms with Crippen molar-refractivity contribution in [1.29, 1.82) is 0 Å². The fourth-order valence-corrected chi connectivity index (χ4v) is 3.97. The van der Waals surface area contributed by atoms with Gasteiger partial charge in [0, 0.05) is 12.8 Å². The van der Waals surface area contributed by atoms with E-state index in [-0.39, 0.29) is 41.5 Å². The number of piperidine rings is 1. The molecule has 1 saturated carbocycles. The Hall–Kier alpha value is -0.620. The topological polar surface area (TPSA) is 26.3 Å². The first-order valence-electron chi connectivity index (χ1n) is 8.61. The number of ether oxygens (including phenoxy) is 1. The number of hydrogen-bond donors (Lipinski definition) is 0. The summed E-state index contributed by atoms with van der Waals surface area (Å²) >= 11 is 0. The Morgan fingerprint density at radius 2 is 1.65 bits per heavy atom. The van der Waals surface area contributed by atoms with E-state index in [2.05, 4.69) is 26.2 Å². The van der Waals surface area contributed by atoms with Crippen molar-refractivity contribution in [2.75, 3.05) is 27.2 Å². The molecule has 1 saturated heterocycles. The van der Waals surface area contributed by atoms with Gasteiger partial charge in [-0.15, -0.1) is 0 Å². The number of esters is 1. The minimum absolute atomic E-state index is 0. The number of quaternary nitrogens is 1. The molecule has 0 radical (unpaired) electrons. The predicted octanol–water partition coefficient (Wildman–Crippen LogP) is 0.284. The zero-order chi connectivity index (χ0) is 15.6. The van der Waals surface area contributed by atoms with Crippen molar-refractivity contribution in [2.24, 2.45) is 0 Å². The zero-order valence-electron chi connectivity index (χ0n) is 14.3. The zero-order valence-corrected chi connectivity index (χ0v) is 16.4. The van der Waals surface area contributed by atoms with Crippen molar-refractivity contribution in [1.82, 2.24) is 0 Å². The van der Waals surface area contributed by atoms with Gasteiger partial charge < -0.3 is 33.2 Å². The van der Waals surface area contributed by atoms with Crippen LogP contribution in [0.25, 0.3) is 0 Å². The molecule has 0 aromatic heterocycles. The average molecular weight is 429 g/mol. The molecule has 1 aliphatic carbocycles. The van der Waals surface area contributed by atoms with Crippen LogP contribution in [0, 0.1) is 0 Å². The molecule has 3 nitrogen and oxygen atoms in total. The number of carbonyl (C=O) groups is 1. The van der Waals surface area contributed by atoms with Crippen LogP contribution in [0.15, 0.2) is 30.3 Å². The largest absolute Gasteiger partial charge is 1.00 e. The molecule has 2 fully saturated rings. The smallest absolute Gasteiger partial charge is 0.316 e. The fraction of sp³-hybridized carbons (Fsp3) is 0.632. The van der Waals surface area contributed by atoms with Gasteiger partial charge in [0.2, 0.25) is 0 Å². The Morgan fingerprint density at radius 1 is 1.09 bits per heavy atom. The van der Waals surface area contributed by atoms with Gasteiger partial charge in [0.05, 0.1) is 32.6 Å². The molecule has 1 aromatic rings. The SMILES string of the molecule is C[N+]1(C)CCC(OC(=O)C2(c3ccccc3)CCCC2)CC1.[I-]. The molecule has 0 bridgehead atoms. The van der Waals surface area contributed by atoms with E-state index in [1.54, 1.807) is 0 Å². The summed E-state index contributed by atoms with van der Waals surface area (Å²) in [5.74, 6) is 0.0217. The number of rotatable bonds is 3. The molecule has 1 aliphatic heterocycles. The van der Waals surface area contributed by atoms with Gasteiger partial charge in [0.15, 0.2) is 0 Å². The summed E-state index contributed by atoms with van der Waals surface area (Å²) in [6.45, 7) is 2.19. The van der Waals surface area contributed by atoms with Gasteiger partial charge in [-0.1, -0.05) is 43.2 Å². The minimum atomic E-state index is -0.386. The van der Waals surface area contributed by atoms with Gasteiger partial charge in [-0.25, -0.2) is 0 Å². The van der Waals surface area contributed by atoms with Gasteiger partial charge >= 0.3 is 5.97 Å². The standard InChI is InChI=1S/C19H28NO2.HI/c1-20(2)14-10-17(11-15-20)22-18(21)19(12-6-7-13-19)16-8-4-3-5-9-16;/h3-5,8-9,17H,6-7,10-15H2,1-2H3;1H/q+1;/p-1. The molecule has 0 amide bonds. The van der Waals surface area contributed by atoms with E-state index in [9.17, 15) is 4.79 Å². The maximum absolute atomic E-state index is 13.0. The van der Waals surface area contributed by atoms with Gasteiger partial charge in [-0.2, -0.15) is 0 Å². The Kier molecular flexibility index (Phi) is 6.11. The summed E-state index contributed by atoms with van der Waals surface area (Å²) in [5.41, 5.74) is 0.757. The molecule has 1 heterocycles. The molecule has 0 unspecified atom stereocenters. The van der Waals surface area contributed by atoms with Gasteiger partial charge in [-0.05, 0) is 18.4 Å². The third kappa shape index (κ3) is 4.08. The van der Waals surface area contributed by atoms with Crippen molar-refractivity contribution >= 4 is 5.97 Å². The van der Waals surface area contributed by atoms with Crippen molar-refractivity contribution in [2.45, 2.75) is 50.0 Å². The van der Waals surface area contributed by atoms with E-state index in [1.807, 2.05) is 18.2 Å². The van der Waals surface area contributed by atoms with Gasteiger partial charge in [0.1, 0.15) is 6.10 Å². The Labute approximate surface area is 157 Å². The summed E-state index contributed by atoms with van der Waals surface area (Å²) < 4.78 is 7.02. The molecule has 4 heteroatoms. The minimum Gasteiger partial charge on any atom is -1.00 e. The first kappa shape index (κ1) is 18.7. The number of nitrogens with zero attached hydrogens (tertiary/aromatic N) is 1. The van der Waals surface area contributed by atoms with E-state index in [4.69, 9.17) is 4.74 Å². The van der Waals surface area contributed by atoms with E-state index in [0.717, 1.165) is 61.7 Å². The van der Waals surface area contributed by atoms with Crippen LogP contribution in [0.1, 0.15) is 44.1 Å². The van der Waals surface area contributed by atoms with Crippen molar-refractivity contribution in [3.05, 3.63) is 35.9 Å². The van der Waals surface area contributed by atoms with Crippen LogP contribution in [-0.2, 0) is 14.9 Å². The lowest BCUT2D eigenvalue weighted by Gasteiger charge is -2.38. The normalized spacial score (nSPS) is 23.0. The van der Waals surface area contributed by atoms with Crippen LogP contribution in [-0.4, -0.2) is 43.7 Å². The van der Waals surface area contributed by atoms with Crippen LogP contribution in [0.4, 0.5) is 0 Å². The maximum atomic E-state index is 13.0. The van der Waals surface area contributed by atoms with Crippen molar-refractivity contribution in [3.8, 4) is 0 Å². The van der Waals surface area contributed by atoms with Crippen LogP contribution in [0.2, 0.25) is 0 Å². The molecule has 2 aliphatic rings. The predicted molar refractivity (Wildman–Crippen MR) is 87.5 cm³/mol. The first-order chi connectivity index (χ1) is 10.5. The van der Waals surface area contributed by atoms with E-state index >= 15 is 0 Å². The summed E-state index contributed by atoms with van der Waals surface area (Å²) in [4.78, 5) is 13.0. The fourth-order valence-electron chi connectivity index (χ4n) is 3.97. The van der Waals surface area contributed by atoms with Gasteiger partial charge in [-0.3, -0.25) is 4.79 Å². The van der Waals surface area contributed by atoms with Crippen LogP contribution < -0.4 is 24.0 Å². The number of carbonyl (C=O) groups excluding carboxylic acids is 1. The molecule has 23 heavy (non-hydrogen) atoms. The quantitative estimate of drug-likeness (QED) is 0.392. The summed E-state index contributed by atoms with van der Waals surface area (Å²) in [6.07, 6.45) is 6.21. The number of benzene rings is 1. The summed E-state index contributed by atoms with van der Waals surface area (Å²) in [7, 11) is 4.50.